The Hall–Kier alpha value is -3.95. The van der Waals surface area contributed by atoms with Crippen molar-refractivity contribution in [3.8, 4) is 0 Å². The van der Waals surface area contributed by atoms with Crippen LogP contribution < -0.4 is 5.32 Å². The summed E-state index contributed by atoms with van der Waals surface area (Å²) < 4.78 is 9.06. The molecule has 2 amide bonds. The largest absolute Gasteiger partial charge is 0.444 e. The lowest BCUT2D eigenvalue weighted by atomic mass is 10.1. The third kappa shape index (κ3) is 4.96. The van der Waals surface area contributed by atoms with Gasteiger partial charge in [-0.1, -0.05) is 13.0 Å². The summed E-state index contributed by atoms with van der Waals surface area (Å²) in [4.78, 5) is 36.0. The molecule has 0 spiro atoms. The monoisotopic (exact) mass is 477 g/mol. The van der Waals surface area contributed by atoms with Crippen LogP contribution in [0.5, 0.6) is 0 Å². The molecule has 0 bridgehead atoms. The number of fused-ring (bicyclic) bond motifs is 2. The summed E-state index contributed by atoms with van der Waals surface area (Å²) in [6.45, 7) is 9.43. The molecule has 0 aliphatic rings. The number of rotatable bonds is 5. The predicted molar refractivity (Wildman–Crippen MR) is 133 cm³/mol. The number of ether oxygens (including phenoxy) is 1. The number of hydrogen-bond acceptors (Lipinski definition) is 6. The zero-order valence-electron chi connectivity index (χ0n) is 21.2. The first-order valence-corrected chi connectivity index (χ1v) is 11.5. The van der Waals surface area contributed by atoms with Gasteiger partial charge in [-0.15, -0.1) is 0 Å². The first-order valence-electron chi connectivity index (χ1n) is 11.5. The van der Waals surface area contributed by atoms with Crippen LogP contribution in [-0.2, 0) is 11.8 Å². The van der Waals surface area contributed by atoms with Gasteiger partial charge in [0.15, 0.2) is 5.65 Å². The third-order valence-electron chi connectivity index (χ3n) is 5.78. The number of anilines is 1. The maximum absolute atomic E-state index is 12.9. The number of imidazole rings is 1. The summed E-state index contributed by atoms with van der Waals surface area (Å²) in [7, 11) is 3.56. The summed E-state index contributed by atoms with van der Waals surface area (Å²) >= 11 is 0. The summed E-state index contributed by atoms with van der Waals surface area (Å²) in [5.74, 6) is 0.121. The molecular weight excluding hydrogens is 446 g/mol. The van der Waals surface area contributed by atoms with Crippen LogP contribution in [0.4, 0.5) is 10.6 Å². The highest BCUT2D eigenvalue weighted by Gasteiger charge is 2.27. The van der Waals surface area contributed by atoms with E-state index in [1.807, 2.05) is 60.0 Å². The van der Waals surface area contributed by atoms with Gasteiger partial charge in [-0.25, -0.2) is 14.8 Å². The fraction of sp³-hybridized carbons (Fsp3) is 0.400. The number of carbonyl (C=O) groups excluding carboxylic acids is 2. The first kappa shape index (κ1) is 24.2. The smallest absolute Gasteiger partial charge is 0.410 e. The van der Waals surface area contributed by atoms with Crippen molar-refractivity contribution >= 4 is 34.4 Å². The Labute approximate surface area is 203 Å². The minimum Gasteiger partial charge on any atom is -0.444 e. The molecule has 0 saturated carbocycles. The predicted octanol–water partition coefficient (Wildman–Crippen LogP) is 4.49. The van der Waals surface area contributed by atoms with Gasteiger partial charge in [-0.05, 0) is 46.2 Å². The molecule has 1 unspecified atom stereocenters. The number of aryl methyl sites for hydroxylation is 2. The van der Waals surface area contributed by atoms with Gasteiger partial charge in [-0.3, -0.25) is 9.48 Å². The van der Waals surface area contributed by atoms with Gasteiger partial charge in [0.2, 0.25) is 0 Å². The second-order valence-corrected chi connectivity index (χ2v) is 9.61. The maximum atomic E-state index is 12.9. The fourth-order valence-electron chi connectivity index (χ4n) is 4.05. The molecule has 0 saturated heterocycles. The van der Waals surface area contributed by atoms with Crippen molar-refractivity contribution in [2.45, 2.75) is 52.7 Å². The Morgan fingerprint density at radius 2 is 1.97 bits per heavy atom. The van der Waals surface area contributed by atoms with Crippen LogP contribution in [0.3, 0.4) is 0 Å². The van der Waals surface area contributed by atoms with E-state index in [4.69, 9.17) is 4.74 Å². The Morgan fingerprint density at radius 3 is 2.66 bits per heavy atom. The molecule has 3 heterocycles. The minimum absolute atomic E-state index is 0.267. The average Bonchev–Trinajstić information content (AvgIpc) is 3.32. The number of hydrogen-bond donors (Lipinski definition) is 1. The number of carbonyl (C=O) groups is 2. The molecule has 35 heavy (non-hydrogen) atoms. The highest BCUT2D eigenvalue weighted by Crippen LogP contribution is 2.25. The van der Waals surface area contributed by atoms with Crippen molar-refractivity contribution in [3.63, 3.8) is 0 Å². The van der Waals surface area contributed by atoms with Gasteiger partial charge in [0, 0.05) is 31.2 Å². The standard InChI is InChI=1S/C25H31N7O3/c1-8-19(30(6)24(34)35-25(3,4)5)18-13-32-14-21(26-12-22(32)27-18)28-23(33)16-9-10-17-15(2)29-31(7)20(17)11-16/h9-14,19H,8H2,1-7H3,(H,28,33). The average molecular weight is 478 g/mol. The molecule has 10 nitrogen and oxygen atoms in total. The molecule has 4 rings (SSSR count). The lowest BCUT2D eigenvalue weighted by Crippen LogP contribution is -2.36. The Morgan fingerprint density at radius 1 is 1.23 bits per heavy atom. The molecule has 184 valence electrons. The molecule has 0 fully saturated rings. The van der Waals surface area contributed by atoms with Gasteiger partial charge in [0.25, 0.3) is 5.91 Å². The van der Waals surface area contributed by atoms with Crippen LogP contribution in [-0.4, -0.2) is 53.7 Å². The van der Waals surface area contributed by atoms with Gasteiger partial charge < -0.3 is 19.4 Å². The van der Waals surface area contributed by atoms with Crippen LogP contribution in [0, 0.1) is 6.92 Å². The van der Waals surface area contributed by atoms with Crippen molar-refractivity contribution in [2.75, 3.05) is 12.4 Å². The number of nitrogens with zero attached hydrogens (tertiary/aromatic N) is 6. The van der Waals surface area contributed by atoms with E-state index in [1.54, 1.807) is 39.5 Å². The first-order chi connectivity index (χ1) is 16.5. The second kappa shape index (κ2) is 9.01. The van der Waals surface area contributed by atoms with Crippen molar-refractivity contribution < 1.29 is 14.3 Å². The van der Waals surface area contributed by atoms with E-state index in [0.717, 1.165) is 16.6 Å². The van der Waals surface area contributed by atoms with E-state index in [2.05, 4.69) is 20.4 Å². The molecule has 0 radical (unpaired) electrons. The number of amides is 2. The normalized spacial score (nSPS) is 12.7. The van der Waals surface area contributed by atoms with Crippen molar-refractivity contribution in [1.82, 2.24) is 29.0 Å². The third-order valence-corrected chi connectivity index (χ3v) is 5.78. The molecule has 1 aromatic carbocycles. The Balaban J connectivity index is 1.55. The van der Waals surface area contributed by atoms with Crippen LogP contribution >= 0.6 is 0 Å². The highest BCUT2D eigenvalue weighted by atomic mass is 16.6. The van der Waals surface area contributed by atoms with Gasteiger partial charge in [0.1, 0.15) is 11.4 Å². The Bertz CT molecular complexity index is 1410. The lowest BCUT2D eigenvalue weighted by molar-refractivity contribution is 0.0212. The SMILES string of the molecule is CCC(c1cn2cc(NC(=O)c3ccc4c(C)nn(C)c4c3)ncc2n1)N(C)C(=O)OC(C)(C)C. The zero-order chi connectivity index (χ0) is 25.5. The quantitative estimate of drug-likeness (QED) is 0.454. The summed E-state index contributed by atoms with van der Waals surface area (Å²) in [6, 6.07) is 5.23. The van der Waals surface area contributed by atoms with Crippen LogP contribution in [0.2, 0.25) is 0 Å². The molecular formula is C25H31N7O3. The maximum Gasteiger partial charge on any atom is 0.410 e. The van der Waals surface area contributed by atoms with E-state index in [0.29, 0.717) is 29.1 Å². The summed E-state index contributed by atoms with van der Waals surface area (Å²) in [6.07, 6.45) is 5.38. The molecule has 3 aromatic heterocycles. The van der Waals surface area contributed by atoms with Crippen molar-refractivity contribution in [1.29, 1.82) is 0 Å². The van der Waals surface area contributed by atoms with E-state index in [1.165, 1.54) is 0 Å². The molecule has 1 N–H and O–H groups in total. The van der Waals surface area contributed by atoms with Gasteiger partial charge >= 0.3 is 6.09 Å². The van der Waals surface area contributed by atoms with Crippen LogP contribution in [0.1, 0.15) is 61.9 Å². The topological polar surface area (TPSA) is 107 Å². The number of benzene rings is 1. The van der Waals surface area contributed by atoms with Crippen molar-refractivity contribution in [3.05, 3.63) is 53.7 Å². The zero-order valence-corrected chi connectivity index (χ0v) is 21.2. The Kier molecular flexibility index (Phi) is 6.23. The second-order valence-electron chi connectivity index (χ2n) is 9.61. The lowest BCUT2D eigenvalue weighted by Gasteiger charge is -2.29. The molecule has 1 atom stereocenters. The number of nitrogens with one attached hydrogen (secondary N) is 1. The minimum atomic E-state index is -0.584. The molecule has 0 aliphatic heterocycles. The fourth-order valence-corrected chi connectivity index (χ4v) is 4.05. The van der Waals surface area contributed by atoms with E-state index in [9.17, 15) is 9.59 Å². The molecule has 4 aromatic rings. The molecule has 10 heteroatoms. The van der Waals surface area contributed by atoms with Crippen LogP contribution in [0.25, 0.3) is 16.6 Å². The van der Waals surface area contributed by atoms with E-state index >= 15 is 0 Å². The number of aromatic nitrogens is 5. The van der Waals surface area contributed by atoms with E-state index < -0.39 is 11.7 Å². The highest BCUT2D eigenvalue weighted by molar-refractivity contribution is 6.05. The van der Waals surface area contributed by atoms with Crippen LogP contribution in [0.15, 0.2) is 36.8 Å². The molecule has 0 aliphatic carbocycles. The van der Waals surface area contributed by atoms with Crippen molar-refractivity contribution in [2.24, 2.45) is 7.05 Å². The van der Waals surface area contributed by atoms with Gasteiger partial charge in [-0.2, -0.15) is 5.10 Å². The summed E-state index contributed by atoms with van der Waals surface area (Å²) in [5.41, 5.74) is 3.06. The summed E-state index contributed by atoms with van der Waals surface area (Å²) in [5, 5.41) is 8.26. The van der Waals surface area contributed by atoms with Gasteiger partial charge in [0.05, 0.1) is 35.3 Å². The van der Waals surface area contributed by atoms with E-state index in [-0.39, 0.29) is 11.9 Å².